The summed E-state index contributed by atoms with van der Waals surface area (Å²) in [5.74, 6) is 0.504. The number of nitrogen functional groups attached to an aromatic ring is 1. The fourth-order valence-electron chi connectivity index (χ4n) is 4.27. The van der Waals surface area contributed by atoms with Crippen LogP contribution in [0.15, 0.2) is 24.3 Å². The van der Waals surface area contributed by atoms with Gasteiger partial charge in [-0.2, -0.15) is 0 Å². The molecule has 0 amide bonds. The third kappa shape index (κ3) is 3.00. The lowest BCUT2D eigenvalue weighted by molar-refractivity contribution is -0.173. The molecule has 0 radical (unpaired) electrons. The zero-order chi connectivity index (χ0) is 15.6. The zero-order valence-electron chi connectivity index (χ0n) is 13.6. The molecule has 0 saturated carbocycles. The maximum Gasteiger partial charge on any atom is 0.0929 e. The van der Waals surface area contributed by atoms with E-state index in [0.29, 0.717) is 12.5 Å². The van der Waals surface area contributed by atoms with Crippen LogP contribution in [0.3, 0.4) is 0 Å². The highest BCUT2D eigenvalue weighted by Gasteiger charge is 2.55. The first kappa shape index (κ1) is 15.8. The number of fused-ring (bicyclic) bond motifs is 2. The quantitative estimate of drug-likeness (QED) is 0.821. The second-order valence-corrected chi connectivity index (χ2v) is 6.92. The van der Waals surface area contributed by atoms with Crippen LogP contribution in [0.25, 0.3) is 0 Å². The Kier molecular flexibility index (Phi) is 4.44. The molecule has 2 N–H and O–H groups in total. The second kappa shape index (κ2) is 6.19. The Balaban J connectivity index is 1.84. The van der Waals surface area contributed by atoms with E-state index in [1.54, 1.807) is 14.2 Å². The molecule has 2 heterocycles. The summed E-state index contributed by atoms with van der Waals surface area (Å²) in [5.41, 5.74) is 7.82. The lowest BCUT2D eigenvalue weighted by Crippen LogP contribution is -2.46. The van der Waals surface area contributed by atoms with E-state index < -0.39 is 0 Å². The number of rotatable bonds is 6. The minimum Gasteiger partial charge on any atom is -0.399 e. The van der Waals surface area contributed by atoms with Crippen molar-refractivity contribution >= 4 is 5.69 Å². The van der Waals surface area contributed by atoms with E-state index >= 15 is 0 Å². The van der Waals surface area contributed by atoms with Crippen molar-refractivity contribution in [3.05, 3.63) is 29.8 Å². The molecule has 0 aliphatic carbocycles. The van der Waals surface area contributed by atoms with Gasteiger partial charge in [0.1, 0.15) is 0 Å². The average Bonchev–Trinajstić information content (AvgIpc) is 2.78. The maximum atomic E-state index is 6.56. The van der Waals surface area contributed by atoms with Crippen molar-refractivity contribution in [2.45, 2.75) is 49.2 Å². The predicted octanol–water partition coefficient (Wildman–Crippen LogP) is 3.12. The highest BCUT2D eigenvalue weighted by atomic mass is 16.6. The number of methoxy groups -OCH3 is 2. The van der Waals surface area contributed by atoms with Crippen LogP contribution in [0, 0.1) is 0 Å². The topological polar surface area (TPSA) is 53.7 Å². The van der Waals surface area contributed by atoms with E-state index in [-0.39, 0.29) is 11.2 Å². The summed E-state index contributed by atoms with van der Waals surface area (Å²) in [6, 6.07) is 8.32. The second-order valence-electron chi connectivity index (χ2n) is 6.92. The first-order chi connectivity index (χ1) is 10.6. The van der Waals surface area contributed by atoms with Crippen molar-refractivity contribution in [3.63, 3.8) is 0 Å². The van der Waals surface area contributed by atoms with E-state index in [9.17, 15) is 0 Å². The van der Waals surface area contributed by atoms with Crippen LogP contribution in [0.2, 0.25) is 0 Å². The van der Waals surface area contributed by atoms with E-state index in [2.05, 4.69) is 12.1 Å². The fraction of sp³-hybridized carbons (Fsp3) is 0.667. The van der Waals surface area contributed by atoms with E-state index in [1.807, 2.05) is 12.1 Å². The molecule has 0 spiro atoms. The van der Waals surface area contributed by atoms with Crippen molar-refractivity contribution in [1.29, 1.82) is 0 Å². The van der Waals surface area contributed by atoms with Gasteiger partial charge in [0.05, 0.1) is 17.8 Å². The monoisotopic (exact) mass is 305 g/mol. The summed E-state index contributed by atoms with van der Waals surface area (Å²) in [7, 11) is 3.52. The molecule has 3 atom stereocenters. The molecule has 4 nitrogen and oxygen atoms in total. The van der Waals surface area contributed by atoms with Gasteiger partial charge in [0.25, 0.3) is 0 Å². The summed E-state index contributed by atoms with van der Waals surface area (Å²) in [6.07, 6.45) is 5.23. The van der Waals surface area contributed by atoms with E-state index in [1.165, 1.54) is 5.56 Å². The maximum absolute atomic E-state index is 6.56. The van der Waals surface area contributed by atoms with Crippen molar-refractivity contribution in [1.82, 2.24) is 0 Å². The number of hydrogen-bond acceptors (Lipinski definition) is 4. The molecule has 1 aromatic carbocycles. The van der Waals surface area contributed by atoms with Gasteiger partial charge >= 0.3 is 0 Å². The van der Waals surface area contributed by atoms with E-state index in [4.69, 9.17) is 19.9 Å². The van der Waals surface area contributed by atoms with Crippen LogP contribution >= 0.6 is 0 Å². The van der Waals surface area contributed by atoms with Gasteiger partial charge in [0.2, 0.25) is 0 Å². The first-order valence-corrected chi connectivity index (χ1v) is 8.14. The van der Waals surface area contributed by atoms with Gasteiger partial charge < -0.3 is 19.9 Å². The third-order valence-electron chi connectivity index (χ3n) is 5.28. The SMILES string of the molecule is COCC[C@]12CC[C@](COC)(C[C@@H](c3ccc(N)cc3)C1)O2. The summed E-state index contributed by atoms with van der Waals surface area (Å²) in [6.45, 7) is 1.42. The Labute approximate surface area is 132 Å². The number of ether oxygens (including phenoxy) is 3. The number of anilines is 1. The first-order valence-electron chi connectivity index (χ1n) is 8.14. The molecule has 3 rings (SSSR count). The van der Waals surface area contributed by atoms with Crippen LogP contribution < -0.4 is 5.73 Å². The largest absolute Gasteiger partial charge is 0.399 e. The number of nitrogens with two attached hydrogens (primary N) is 1. The summed E-state index contributed by atoms with van der Waals surface area (Å²) in [4.78, 5) is 0. The molecule has 2 aliphatic rings. The minimum atomic E-state index is -0.132. The predicted molar refractivity (Wildman–Crippen MR) is 87.0 cm³/mol. The lowest BCUT2D eigenvalue weighted by atomic mass is 9.78. The molecule has 2 aliphatic heterocycles. The number of hydrogen-bond donors (Lipinski definition) is 1. The zero-order valence-corrected chi connectivity index (χ0v) is 13.6. The smallest absolute Gasteiger partial charge is 0.0929 e. The standard InChI is InChI=1S/C18H27NO3/c1-20-10-9-17-7-8-18(22-17,13-21-2)12-15(11-17)14-3-5-16(19)6-4-14/h3-6,15H,7-13,19H2,1-2H3/t15-,17+,18+/m0/s1. The molecule has 2 bridgehead atoms. The van der Waals surface area contributed by atoms with Gasteiger partial charge in [0, 0.05) is 26.5 Å². The normalized spacial score (nSPS) is 34.0. The highest BCUT2D eigenvalue weighted by Crippen LogP contribution is 2.54. The van der Waals surface area contributed by atoms with Gasteiger partial charge in [-0.1, -0.05) is 12.1 Å². The van der Waals surface area contributed by atoms with Crippen molar-refractivity contribution < 1.29 is 14.2 Å². The Morgan fingerprint density at radius 2 is 1.77 bits per heavy atom. The van der Waals surface area contributed by atoms with E-state index in [0.717, 1.165) is 44.4 Å². The van der Waals surface area contributed by atoms with Crippen LogP contribution in [-0.4, -0.2) is 38.6 Å². The molecule has 22 heavy (non-hydrogen) atoms. The molecule has 1 aromatic rings. The third-order valence-corrected chi connectivity index (χ3v) is 5.28. The molecule has 2 fully saturated rings. The lowest BCUT2D eigenvalue weighted by Gasteiger charge is -2.44. The molecule has 0 aromatic heterocycles. The molecular formula is C18H27NO3. The van der Waals surface area contributed by atoms with Crippen molar-refractivity contribution in [3.8, 4) is 0 Å². The van der Waals surface area contributed by atoms with Gasteiger partial charge in [-0.15, -0.1) is 0 Å². The van der Waals surface area contributed by atoms with Gasteiger partial charge in [0.15, 0.2) is 0 Å². The van der Waals surface area contributed by atoms with Crippen molar-refractivity contribution in [2.75, 3.05) is 33.2 Å². The Hall–Kier alpha value is -1.10. The number of benzene rings is 1. The Morgan fingerprint density at radius 1 is 1.09 bits per heavy atom. The fourth-order valence-corrected chi connectivity index (χ4v) is 4.27. The Bertz CT molecular complexity index is 504. The molecule has 4 heteroatoms. The van der Waals surface area contributed by atoms with Crippen molar-refractivity contribution in [2.24, 2.45) is 0 Å². The van der Waals surface area contributed by atoms with Crippen LogP contribution in [0.5, 0.6) is 0 Å². The molecule has 122 valence electrons. The average molecular weight is 305 g/mol. The molecule has 0 unspecified atom stereocenters. The van der Waals surface area contributed by atoms with Gasteiger partial charge in [-0.05, 0) is 55.7 Å². The van der Waals surface area contributed by atoms with Gasteiger partial charge in [-0.3, -0.25) is 0 Å². The molecular weight excluding hydrogens is 278 g/mol. The van der Waals surface area contributed by atoms with Crippen LogP contribution in [-0.2, 0) is 14.2 Å². The highest BCUT2D eigenvalue weighted by molar-refractivity contribution is 5.40. The molecule has 2 saturated heterocycles. The summed E-state index contributed by atoms with van der Waals surface area (Å²) in [5, 5.41) is 0. The van der Waals surface area contributed by atoms with Crippen LogP contribution in [0.1, 0.15) is 43.6 Å². The minimum absolute atomic E-state index is 0.0567. The van der Waals surface area contributed by atoms with Crippen LogP contribution in [0.4, 0.5) is 5.69 Å². The summed E-state index contributed by atoms with van der Waals surface area (Å²) < 4.78 is 17.4. The Morgan fingerprint density at radius 3 is 2.45 bits per heavy atom. The summed E-state index contributed by atoms with van der Waals surface area (Å²) >= 11 is 0. The van der Waals surface area contributed by atoms with Gasteiger partial charge in [-0.25, -0.2) is 0 Å².